The molecule has 5 heterocycles. The lowest BCUT2D eigenvalue weighted by Gasteiger charge is -2.19. The number of nitrogens with one attached hydrogen (secondary N) is 2. The second-order valence-electron chi connectivity index (χ2n) is 11.3. The Morgan fingerprint density at radius 1 is 1.10 bits per heavy atom. The number of aromatic nitrogens is 1. The fourth-order valence-corrected chi connectivity index (χ4v) is 7.43. The average Bonchev–Trinajstić information content (AvgIpc) is 3.67. The summed E-state index contributed by atoms with van der Waals surface area (Å²) in [6.07, 6.45) is 6.73. The van der Waals surface area contributed by atoms with Gasteiger partial charge in [0, 0.05) is 53.5 Å². The molecule has 0 bridgehead atoms. The van der Waals surface area contributed by atoms with Crippen molar-refractivity contribution in [3.63, 3.8) is 0 Å². The third-order valence-electron chi connectivity index (χ3n) is 8.18. The molecule has 7 nitrogen and oxygen atoms in total. The minimum atomic E-state index is -0.144. The van der Waals surface area contributed by atoms with Crippen molar-refractivity contribution < 1.29 is 4.79 Å². The minimum absolute atomic E-state index is 0.121. The Hall–Kier alpha value is -3.23. The highest BCUT2D eigenvalue weighted by molar-refractivity contribution is 7.12. The number of H-pyrrole nitrogens is 1. The molecule has 3 aromatic rings. The fourth-order valence-electron chi connectivity index (χ4n) is 6.25. The molecule has 8 heteroatoms. The smallest absolute Gasteiger partial charge is 0.259 e. The van der Waals surface area contributed by atoms with E-state index in [0.717, 1.165) is 59.7 Å². The van der Waals surface area contributed by atoms with Crippen molar-refractivity contribution in [2.45, 2.75) is 65.5 Å². The normalized spacial score (nSPS) is 17.5. The molecule has 2 N–H and O–H groups in total. The minimum Gasteiger partial charge on any atom is -0.381 e. The zero-order valence-electron chi connectivity index (χ0n) is 23.1. The van der Waals surface area contributed by atoms with Crippen LogP contribution in [-0.2, 0) is 19.4 Å². The van der Waals surface area contributed by atoms with E-state index in [-0.39, 0.29) is 17.5 Å². The van der Waals surface area contributed by atoms with Crippen molar-refractivity contribution >= 4 is 34.3 Å². The number of hydrogen-bond donors (Lipinski definition) is 2. The van der Waals surface area contributed by atoms with Crippen LogP contribution in [0.3, 0.4) is 0 Å². The summed E-state index contributed by atoms with van der Waals surface area (Å²) in [5.41, 5.74) is 7.05. The summed E-state index contributed by atoms with van der Waals surface area (Å²) in [4.78, 5) is 41.1. The third-order valence-corrected chi connectivity index (χ3v) is 9.36. The van der Waals surface area contributed by atoms with Gasteiger partial charge in [-0.25, -0.2) is 0 Å². The molecule has 1 aromatic carbocycles. The van der Waals surface area contributed by atoms with Gasteiger partial charge in [-0.15, -0.1) is 11.3 Å². The number of aryl methyl sites for hydroxylation is 2. The first-order chi connectivity index (χ1) is 18.9. The Kier molecular flexibility index (Phi) is 7.16. The van der Waals surface area contributed by atoms with Crippen LogP contribution in [0.2, 0.25) is 0 Å². The number of carbonyl (C=O) groups excluding carboxylic acids is 1. The summed E-state index contributed by atoms with van der Waals surface area (Å²) in [5, 5.41) is 3.58. The maximum atomic E-state index is 13.2. The number of amides is 1. The van der Waals surface area contributed by atoms with E-state index in [1.54, 1.807) is 6.20 Å². The van der Waals surface area contributed by atoms with Crippen molar-refractivity contribution in [3.8, 4) is 0 Å². The molecule has 0 saturated carbocycles. The summed E-state index contributed by atoms with van der Waals surface area (Å²) < 4.78 is 0. The van der Waals surface area contributed by atoms with Gasteiger partial charge in [-0.3, -0.25) is 14.6 Å². The van der Waals surface area contributed by atoms with Gasteiger partial charge in [-0.05, 0) is 101 Å². The number of nitrogens with zero attached hydrogens (tertiary/aromatic N) is 3. The third kappa shape index (κ3) is 5.32. The van der Waals surface area contributed by atoms with Gasteiger partial charge in [0.05, 0.1) is 22.6 Å². The highest BCUT2D eigenvalue weighted by Crippen LogP contribution is 2.36. The average molecular weight is 544 g/mol. The van der Waals surface area contributed by atoms with Crippen LogP contribution in [-0.4, -0.2) is 58.6 Å². The molecular formula is C31H37N5O2S. The zero-order chi connectivity index (χ0) is 27.1. The number of carbonyl (C=O) groups is 1. The zero-order valence-corrected chi connectivity index (χ0v) is 23.9. The maximum absolute atomic E-state index is 13.2. The van der Waals surface area contributed by atoms with Gasteiger partial charge in [0.15, 0.2) is 0 Å². The molecule has 2 aromatic heterocycles. The predicted octanol–water partition coefficient (Wildman–Crippen LogP) is 5.21. The molecule has 1 amide bonds. The van der Waals surface area contributed by atoms with E-state index in [1.807, 2.05) is 28.4 Å². The lowest BCUT2D eigenvalue weighted by molar-refractivity contribution is 0.0772. The maximum Gasteiger partial charge on any atom is 0.259 e. The molecule has 204 valence electrons. The molecule has 1 atom stereocenters. The van der Waals surface area contributed by atoms with Gasteiger partial charge in [0.2, 0.25) is 0 Å². The van der Waals surface area contributed by atoms with Gasteiger partial charge >= 0.3 is 0 Å². The van der Waals surface area contributed by atoms with Crippen molar-refractivity contribution in [1.82, 2.24) is 14.8 Å². The first-order valence-corrected chi connectivity index (χ1v) is 15.0. The number of aromatic amines is 1. The summed E-state index contributed by atoms with van der Waals surface area (Å²) in [6.45, 7) is 11.3. The van der Waals surface area contributed by atoms with E-state index < -0.39 is 0 Å². The van der Waals surface area contributed by atoms with Gasteiger partial charge in [0.1, 0.15) is 0 Å². The van der Waals surface area contributed by atoms with Gasteiger partial charge in [-0.1, -0.05) is 0 Å². The number of likely N-dealkylation sites (tertiary alicyclic amines) is 1. The Balaban J connectivity index is 1.17. The number of hydrogen-bond acceptors (Lipinski definition) is 6. The van der Waals surface area contributed by atoms with Crippen molar-refractivity contribution in [2.75, 3.05) is 31.5 Å². The second kappa shape index (κ2) is 10.7. The summed E-state index contributed by atoms with van der Waals surface area (Å²) in [7, 11) is 0. The molecule has 0 aliphatic carbocycles. The van der Waals surface area contributed by atoms with Crippen molar-refractivity contribution in [1.29, 1.82) is 0 Å². The van der Waals surface area contributed by atoms with Crippen LogP contribution in [0.15, 0.2) is 40.2 Å². The molecule has 0 radical (unpaired) electrons. The highest BCUT2D eigenvalue weighted by atomic mass is 32.1. The number of pyridine rings is 1. The highest BCUT2D eigenvalue weighted by Gasteiger charge is 2.31. The SMILES string of the molecule is Cc1cc(C)c(CC(C)Nc2cc[nH]c(=O)c2C2=Nc3cc4c(cc3C2)C(=O)N(CCCN2CCCC2)C4)s1. The van der Waals surface area contributed by atoms with E-state index in [9.17, 15) is 9.59 Å². The molecular weight excluding hydrogens is 506 g/mol. The number of fused-ring (bicyclic) bond motifs is 2. The van der Waals surface area contributed by atoms with Crippen LogP contribution in [0.5, 0.6) is 0 Å². The molecule has 1 fully saturated rings. The van der Waals surface area contributed by atoms with E-state index in [4.69, 9.17) is 4.99 Å². The van der Waals surface area contributed by atoms with E-state index in [2.05, 4.69) is 48.1 Å². The number of thiophene rings is 1. The first-order valence-electron chi connectivity index (χ1n) is 14.1. The number of anilines is 1. The summed E-state index contributed by atoms with van der Waals surface area (Å²) in [5.74, 6) is 0.121. The molecule has 1 saturated heterocycles. The second-order valence-corrected chi connectivity index (χ2v) is 12.7. The fraction of sp³-hybridized carbons (Fsp3) is 0.452. The molecule has 39 heavy (non-hydrogen) atoms. The molecule has 3 aliphatic rings. The van der Waals surface area contributed by atoms with E-state index >= 15 is 0 Å². The molecule has 0 spiro atoms. The van der Waals surface area contributed by atoms with Crippen molar-refractivity contribution in [2.24, 2.45) is 4.99 Å². The van der Waals surface area contributed by atoms with Crippen LogP contribution < -0.4 is 10.9 Å². The summed E-state index contributed by atoms with van der Waals surface area (Å²) >= 11 is 1.83. The standard InChI is InChI=1S/C31H37N5O2S/c1-19-13-21(3)39-28(19)14-20(2)33-25-7-8-32-30(37)29(25)27-16-22-15-24-23(17-26(22)34-27)18-36(31(24)38)12-6-11-35-9-4-5-10-35/h7-8,13,15,17,20H,4-6,9-12,14,16,18H2,1-3H3,(H2,32,33,37). The lowest BCUT2D eigenvalue weighted by atomic mass is 10.00. The Morgan fingerprint density at radius 2 is 1.92 bits per heavy atom. The Bertz CT molecular complexity index is 1500. The lowest BCUT2D eigenvalue weighted by Crippen LogP contribution is -2.29. The Labute approximate surface area is 234 Å². The number of aliphatic imine (C=N–C) groups is 1. The van der Waals surface area contributed by atoms with Crippen molar-refractivity contribution in [3.05, 3.63) is 78.4 Å². The molecule has 1 unspecified atom stereocenters. The monoisotopic (exact) mass is 543 g/mol. The summed E-state index contributed by atoms with van der Waals surface area (Å²) in [6, 6.07) is 8.38. The van der Waals surface area contributed by atoms with E-state index in [0.29, 0.717) is 18.5 Å². The number of benzene rings is 1. The topological polar surface area (TPSA) is 80.8 Å². The number of rotatable bonds is 9. The van der Waals surface area contributed by atoms with Crippen LogP contribution in [0.4, 0.5) is 11.4 Å². The van der Waals surface area contributed by atoms with Crippen LogP contribution >= 0.6 is 11.3 Å². The molecule has 6 rings (SSSR count). The van der Waals surface area contributed by atoms with Gasteiger partial charge in [-0.2, -0.15) is 0 Å². The van der Waals surface area contributed by atoms with Crippen LogP contribution in [0, 0.1) is 13.8 Å². The van der Waals surface area contributed by atoms with Gasteiger partial charge < -0.3 is 20.1 Å². The largest absolute Gasteiger partial charge is 0.381 e. The van der Waals surface area contributed by atoms with E-state index in [1.165, 1.54) is 41.2 Å². The quantitative estimate of drug-likeness (QED) is 0.388. The van der Waals surface area contributed by atoms with Crippen LogP contribution in [0.1, 0.15) is 68.6 Å². The Morgan fingerprint density at radius 3 is 2.69 bits per heavy atom. The van der Waals surface area contributed by atoms with Crippen LogP contribution in [0.25, 0.3) is 0 Å². The first kappa shape index (κ1) is 26.0. The molecule has 3 aliphatic heterocycles. The predicted molar refractivity (Wildman–Crippen MR) is 159 cm³/mol. The van der Waals surface area contributed by atoms with Gasteiger partial charge in [0.25, 0.3) is 11.5 Å².